The molecule has 0 aromatic heterocycles. The first-order chi connectivity index (χ1) is 8.58. The molecular formula is C11H13BrN2O4. The first-order valence-electron chi connectivity index (χ1n) is 5.10. The van der Waals surface area contributed by atoms with E-state index in [2.05, 4.69) is 31.2 Å². The lowest BCUT2D eigenvalue weighted by molar-refractivity contribution is 0.171. The molecule has 0 atom stereocenters. The number of carbonyl (C=O) groups excluding carboxylic acids is 1. The van der Waals surface area contributed by atoms with Crippen molar-refractivity contribution in [2.45, 2.75) is 6.92 Å². The quantitative estimate of drug-likeness (QED) is 0.659. The fourth-order valence-electron chi connectivity index (χ4n) is 1.14. The number of hydrogen-bond donors (Lipinski definition) is 2. The van der Waals surface area contributed by atoms with Crippen molar-refractivity contribution in [3.05, 3.63) is 22.2 Å². The highest BCUT2D eigenvalue weighted by atomic mass is 79.9. The van der Waals surface area contributed by atoms with Crippen molar-refractivity contribution in [1.29, 1.82) is 0 Å². The molecule has 1 amide bonds. The number of nitrogens with zero attached hydrogens (tertiary/aromatic N) is 1. The molecule has 0 fully saturated rings. The monoisotopic (exact) mass is 316 g/mol. The average molecular weight is 317 g/mol. The average Bonchev–Trinajstić information content (AvgIpc) is 2.35. The van der Waals surface area contributed by atoms with Crippen LogP contribution in [0.15, 0.2) is 21.7 Å². The Hall–Kier alpha value is -1.76. The number of phenolic OH excluding ortho intramolecular Hbond substituents is 1. The molecule has 1 aromatic rings. The van der Waals surface area contributed by atoms with Crippen molar-refractivity contribution in [3.8, 4) is 11.5 Å². The van der Waals surface area contributed by atoms with Crippen molar-refractivity contribution in [1.82, 2.24) is 5.43 Å². The Balaban J connectivity index is 2.86. The molecule has 0 unspecified atom stereocenters. The van der Waals surface area contributed by atoms with Gasteiger partial charge in [0.2, 0.25) is 0 Å². The van der Waals surface area contributed by atoms with Gasteiger partial charge in [0, 0.05) is 0 Å². The molecule has 0 aliphatic heterocycles. The Morgan fingerprint density at radius 2 is 2.33 bits per heavy atom. The van der Waals surface area contributed by atoms with Crippen molar-refractivity contribution in [2.75, 3.05) is 13.7 Å². The van der Waals surface area contributed by atoms with Gasteiger partial charge < -0.3 is 14.6 Å². The van der Waals surface area contributed by atoms with Gasteiger partial charge in [-0.1, -0.05) is 0 Å². The number of nitrogens with one attached hydrogen (secondary N) is 1. The summed E-state index contributed by atoms with van der Waals surface area (Å²) in [7, 11) is 1.25. The van der Waals surface area contributed by atoms with Crippen LogP contribution in [0.3, 0.4) is 0 Å². The van der Waals surface area contributed by atoms with E-state index in [0.29, 0.717) is 22.4 Å². The van der Waals surface area contributed by atoms with Gasteiger partial charge in [-0.2, -0.15) is 5.10 Å². The lowest BCUT2D eigenvalue weighted by Crippen LogP contribution is -2.16. The van der Waals surface area contributed by atoms with Gasteiger partial charge >= 0.3 is 6.09 Å². The first kappa shape index (κ1) is 14.3. The Bertz CT molecular complexity index is 463. The molecule has 1 rings (SSSR count). The van der Waals surface area contributed by atoms with Gasteiger partial charge in [-0.05, 0) is 40.5 Å². The van der Waals surface area contributed by atoms with E-state index >= 15 is 0 Å². The van der Waals surface area contributed by atoms with Gasteiger partial charge in [-0.25, -0.2) is 10.2 Å². The van der Waals surface area contributed by atoms with Crippen molar-refractivity contribution >= 4 is 28.2 Å². The van der Waals surface area contributed by atoms with Crippen LogP contribution in [0.1, 0.15) is 12.5 Å². The third-order valence-electron chi connectivity index (χ3n) is 1.91. The molecule has 18 heavy (non-hydrogen) atoms. The highest BCUT2D eigenvalue weighted by Crippen LogP contribution is 2.34. The Morgan fingerprint density at radius 3 is 2.94 bits per heavy atom. The van der Waals surface area contributed by atoms with Crippen LogP contribution in [0, 0.1) is 0 Å². The second-order valence-electron chi connectivity index (χ2n) is 3.14. The molecular weight excluding hydrogens is 304 g/mol. The Kier molecular flexibility index (Phi) is 5.44. The summed E-state index contributed by atoms with van der Waals surface area (Å²) in [6, 6.07) is 3.24. The smallest absolute Gasteiger partial charge is 0.427 e. The van der Waals surface area contributed by atoms with E-state index in [9.17, 15) is 9.90 Å². The number of phenols is 1. The van der Waals surface area contributed by atoms with E-state index in [4.69, 9.17) is 4.74 Å². The number of hydrogen-bond acceptors (Lipinski definition) is 5. The van der Waals surface area contributed by atoms with Crippen molar-refractivity contribution in [3.63, 3.8) is 0 Å². The number of halogens is 1. The molecule has 0 saturated heterocycles. The SMILES string of the molecule is CCOc1cc(/C=N/NC(=O)OC)cc(Br)c1O. The second-order valence-corrected chi connectivity index (χ2v) is 4.00. The predicted molar refractivity (Wildman–Crippen MR) is 70.1 cm³/mol. The molecule has 0 saturated carbocycles. The summed E-state index contributed by atoms with van der Waals surface area (Å²) in [5.74, 6) is 0.362. The maximum Gasteiger partial charge on any atom is 0.427 e. The number of hydrazone groups is 1. The molecule has 0 aliphatic rings. The summed E-state index contributed by atoms with van der Waals surface area (Å²) in [5.41, 5.74) is 2.81. The number of ether oxygens (including phenoxy) is 2. The van der Waals surface area contributed by atoms with Gasteiger partial charge in [0.05, 0.1) is 24.4 Å². The number of amides is 1. The molecule has 0 bridgehead atoms. The van der Waals surface area contributed by atoms with E-state index in [1.54, 1.807) is 12.1 Å². The molecule has 0 spiro atoms. The second kappa shape index (κ2) is 6.85. The summed E-state index contributed by atoms with van der Waals surface area (Å²) in [4.78, 5) is 10.8. The number of methoxy groups -OCH3 is 1. The summed E-state index contributed by atoms with van der Waals surface area (Å²) in [5, 5.41) is 13.4. The molecule has 0 heterocycles. The highest BCUT2D eigenvalue weighted by molar-refractivity contribution is 9.10. The fraction of sp³-hybridized carbons (Fsp3) is 0.273. The molecule has 7 heteroatoms. The minimum atomic E-state index is -0.658. The Labute approximate surface area is 113 Å². The molecule has 0 radical (unpaired) electrons. The first-order valence-corrected chi connectivity index (χ1v) is 5.90. The lowest BCUT2D eigenvalue weighted by atomic mass is 10.2. The minimum absolute atomic E-state index is 0.0231. The van der Waals surface area contributed by atoms with Crippen molar-refractivity contribution < 1.29 is 19.4 Å². The number of carbonyl (C=O) groups is 1. The molecule has 98 valence electrons. The van der Waals surface area contributed by atoms with Crippen LogP contribution in [-0.4, -0.2) is 31.1 Å². The summed E-state index contributed by atoms with van der Waals surface area (Å²) in [6.07, 6.45) is 0.748. The number of aromatic hydroxyl groups is 1. The van der Waals surface area contributed by atoms with Gasteiger partial charge in [0.25, 0.3) is 0 Å². The van der Waals surface area contributed by atoms with Crippen molar-refractivity contribution in [2.24, 2.45) is 5.10 Å². The zero-order valence-electron chi connectivity index (χ0n) is 9.94. The van der Waals surface area contributed by atoms with E-state index in [0.717, 1.165) is 0 Å². The topological polar surface area (TPSA) is 80.2 Å². The van der Waals surface area contributed by atoms with Gasteiger partial charge in [-0.3, -0.25) is 0 Å². The van der Waals surface area contributed by atoms with E-state index < -0.39 is 6.09 Å². The van der Waals surface area contributed by atoms with E-state index in [-0.39, 0.29) is 5.75 Å². The molecule has 1 aromatic carbocycles. The third-order valence-corrected chi connectivity index (χ3v) is 2.51. The van der Waals surface area contributed by atoms with Crippen LogP contribution in [0.4, 0.5) is 4.79 Å². The molecule has 6 nitrogen and oxygen atoms in total. The summed E-state index contributed by atoms with van der Waals surface area (Å²) < 4.78 is 10.1. The predicted octanol–water partition coefficient (Wildman–Crippen LogP) is 2.24. The van der Waals surface area contributed by atoms with Gasteiger partial charge in [0.1, 0.15) is 0 Å². The lowest BCUT2D eigenvalue weighted by Gasteiger charge is -2.08. The standard InChI is InChI=1S/C11H13BrN2O4/c1-3-18-9-5-7(4-8(12)10(9)15)6-13-14-11(16)17-2/h4-6,15H,3H2,1-2H3,(H,14,16)/b13-6+. The van der Waals surface area contributed by atoms with E-state index in [1.165, 1.54) is 13.3 Å². The maximum absolute atomic E-state index is 10.8. The number of benzene rings is 1. The van der Waals surface area contributed by atoms with Crippen LogP contribution < -0.4 is 10.2 Å². The fourth-order valence-corrected chi connectivity index (χ4v) is 1.60. The zero-order chi connectivity index (χ0) is 13.5. The van der Waals surface area contributed by atoms with Crippen LogP contribution in [0.5, 0.6) is 11.5 Å². The maximum atomic E-state index is 10.8. The highest BCUT2D eigenvalue weighted by Gasteiger charge is 2.08. The normalized spacial score (nSPS) is 10.4. The third kappa shape index (κ3) is 3.92. The summed E-state index contributed by atoms with van der Waals surface area (Å²) >= 11 is 3.20. The van der Waals surface area contributed by atoms with Gasteiger partial charge in [-0.15, -0.1) is 0 Å². The molecule has 2 N–H and O–H groups in total. The van der Waals surface area contributed by atoms with E-state index in [1.807, 2.05) is 6.92 Å². The minimum Gasteiger partial charge on any atom is -0.503 e. The molecule has 0 aliphatic carbocycles. The van der Waals surface area contributed by atoms with Crippen LogP contribution >= 0.6 is 15.9 Å². The van der Waals surface area contributed by atoms with Crippen LogP contribution in [0.25, 0.3) is 0 Å². The Morgan fingerprint density at radius 1 is 1.61 bits per heavy atom. The van der Waals surface area contributed by atoms with Crippen LogP contribution in [-0.2, 0) is 4.74 Å². The zero-order valence-corrected chi connectivity index (χ0v) is 11.5. The van der Waals surface area contributed by atoms with Gasteiger partial charge in [0.15, 0.2) is 11.5 Å². The number of rotatable bonds is 4. The summed E-state index contributed by atoms with van der Waals surface area (Å²) in [6.45, 7) is 2.24. The van der Waals surface area contributed by atoms with Crippen LogP contribution in [0.2, 0.25) is 0 Å². The largest absolute Gasteiger partial charge is 0.503 e.